The molecule has 0 spiro atoms. The molecule has 4 rings (SSSR count). The van der Waals surface area contributed by atoms with E-state index in [-0.39, 0.29) is 0 Å². The molecule has 30 heavy (non-hydrogen) atoms. The number of rotatable bonds is 7. The van der Waals surface area contributed by atoms with E-state index in [4.69, 9.17) is 4.74 Å². The Kier molecular flexibility index (Phi) is 6.35. The summed E-state index contributed by atoms with van der Waals surface area (Å²) in [6.45, 7) is 7.18. The molecule has 1 N–H and O–H groups in total. The molecular weight excluding hydrogens is 458 g/mol. The van der Waals surface area contributed by atoms with Crippen LogP contribution in [0.5, 0.6) is 5.75 Å². The fourth-order valence-corrected chi connectivity index (χ4v) is 4.64. The average Bonchev–Trinajstić information content (AvgIpc) is 3.13. The maximum Gasteiger partial charge on any atom is 0.143 e. The molecule has 4 nitrogen and oxygen atoms in total. The number of hydrogen-bond acceptors (Lipinski definition) is 5. The Hall–Kier alpha value is -2.44. The van der Waals surface area contributed by atoms with Crippen LogP contribution >= 0.6 is 27.3 Å². The Balaban J connectivity index is 1.71. The van der Waals surface area contributed by atoms with Crippen LogP contribution in [0.2, 0.25) is 0 Å². The lowest BCUT2D eigenvalue weighted by atomic mass is 10.0. The molecule has 0 atom stereocenters. The van der Waals surface area contributed by atoms with Crippen molar-refractivity contribution in [2.45, 2.75) is 27.2 Å². The maximum atomic E-state index is 5.79. The summed E-state index contributed by atoms with van der Waals surface area (Å²) in [7, 11) is 0. The van der Waals surface area contributed by atoms with E-state index in [2.05, 4.69) is 76.3 Å². The molecule has 2 aromatic heterocycles. The van der Waals surface area contributed by atoms with Gasteiger partial charge >= 0.3 is 0 Å². The number of fused-ring (bicyclic) bond motifs is 1. The van der Waals surface area contributed by atoms with Crippen molar-refractivity contribution in [3.63, 3.8) is 0 Å². The molecule has 2 heterocycles. The molecule has 0 aliphatic rings. The topological polar surface area (TPSA) is 47.0 Å². The van der Waals surface area contributed by atoms with Gasteiger partial charge in [0.2, 0.25) is 0 Å². The van der Waals surface area contributed by atoms with Crippen LogP contribution in [0.15, 0.2) is 59.3 Å². The van der Waals surface area contributed by atoms with Crippen LogP contribution in [-0.4, -0.2) is 16.6 Å². The Labute approximate surface area is 189 Å². The van der Waals surface area contributed by atoms with E-state index >= 15 is 0 Å². The summed E-state index contributed by atoms with van der Waals surface area (Å²) in [4.78, 5) is 11.4. The highest BCUT2D eigenvalue weighted by molar-refractivity contribution is 9.10. The number of ether oxygens (including phenoxy) is 1. The molecule has 0 saturated heterocycles. The molecule has 0 radical (unpaired) electrons. The largest absolute Gasteiger partial charge is 0.493 e. The van der Waals surface area contributed by atoms with Crippen molar-refractivity contribution in [3.8, 4) is 16.9 Å². The number of nitrogens with zero attached hydrogens (tertiary/aromatic N) is 2. The normalized spacial score (nSPS) is 11.2. The highest BCUT2D eigenvalue weighted by Gasteiger charge is 2.18. The van der Waals surface area contributed by atoms with E-state index in [1.54, 1.807) is 17.7 Å². The van der Waals surface area contributed by atoms with Gasteiger partial charge < -0.3 is 10.1 Å². The predicted octanol–water partition coefficient (Wildman–Crippen LogP) is 7.46. The summed E-state index contributed by atoms with van der Waals surface area (Å²) >= 11 is 5.27. The lowest BCUT2D eigenvalue weighted by Crippen LogP contribution is -2.04. The Morgan fingerprint density at radius 2 is 1.77 bits per heavy atom. The van der Waals surface area contributed by atoms with Crippen molar-refractivity contribution in [1.29, 1.82) is 0 Å². The molecule has 0 unspecified atom stereocenters. The van der Waals surface area contributed by atoms with Crippen molar-refractivity contribution in [1.82, 2.24) is 9.97 Å². The third-order valence-electron chi connectivity index (χ3n) is 4.72. The second-order valence-electron chi connectivity index (χ2n) is 7.52. The predicted molar refractivity (Wildman–Crippen MR) is 130 cm³/mol. The zero-order valence-corrected chi connectivity index (χ0v) is 19.7. The fraction of sp³-hybridized carbons (Fsp3) is 0.250. The third-order valence-corrected chi connectivity index (χ3v) is 6.49. The number of benzene rings is 2. The molecule has 2 aromatic carbocycles. The minimum Gasteiger partial charge on any atom is -0.493 e. The van der Waals surface area contributed by atoms with Crippen LogP contribution in [0, 0.1) is 5.92 Å². The highest BCUT2D eigenvalue weighted by atomic mass is 79.9. The molecule has 0 saturated carbocycles. The zero-order valence-electron chi connectivity index (χ0n) is 17.3. The van der Waals surface area contributed by atoms with Gasteiger partial charge in [-0.15, -0.1) is 11.3 Å². The molecule has 0 amide bonds. The van der Waals surface area contributed by atoms with Gasteiger partial charge in [0.15, 0.2) is 0 Å². The van der Waals surface area contributed by atoms with Crippen LogP contribution in [0.25, 0.3) is 21.3 Å². The maximum absolute atomic E-state index is 5.79. The summed E-state index contributed by atoms with van der Waals surface area (Å²) in [5.74, 6) is 2.20. The van der Waals surface area contributed by atoms with E-state index in [0.29, 0.717) is 12.5 Å². The molecule has 0 bridgehead atoms. The van der Waals surface area contributed by atoms with Gasteiger partial charge in [-0.25, -0.2) is 9.97 Å². The van der Waals surface area contributed by atoms with Crippen LogP contribution < -0.4 is 10.1 Å². The van der Waals surface area contributed by atoms with E-state index in [1.807, 2.05) is 24.3 Å². The van der Waals surface area contributed by atoms with Crippen molar-refractivity contribution in [2.24, 2.45) is 5.92 Å². The van der Waals surface area contributed by atoms with Crippen molar-refractivity contribution >= 4 is 49.0 Å². The number of aryl methyl sites for hydroxylation is 1. The first-order valence-electron chi connectivity index (χ1n) is 10.1. The number of nitrogens with one attached hydrogen (secondary N) is 1. The molecule has 0 aliphatic carbocycles. The molecule has 0 fully saturated rings. The molecule has 4 aromatic rings. The van der Waals surface area contributed by atoms with Crippen molar-refractivity contribution in [3.05, 3.63) is 64.2 Å². The smallest absolute Gasteiger partial charge is 0.143 e. The monoisotopic (exact) mass is 481 g/mol. The quantitative estimate of drug-likeness (QED) is 0.297. The lowest BCUT2D eigenvalue weighted by molar-refractivity contribution is 0.271. The van der Waals surface area contributed by atoms with Gasteiger partial charge in [0.25, 0.3) is 0 Å². The third kappa shape index (κ3) is 4.50. The second kappa shape index (κ2) is 9.14. The number of hydrogen-bond donors (Lipinski definition) is 1. The van der Waals surface area contributed by atoms with Gasteiger partial charge in [-0.3, -0.25) is 0 Å². The first-order chi connectivity index (χ1) is 14.5. The highest BCUT2D eigenvalue weighted by Crippen LogP contribution is 2.42. The summed E-state index contributed by atoms with van der Waals surface area (Å²) in [5.41, 5.74) is 3.36. The SMILES string of the molecule is CCc1sc2ncnc(Nc3ccc(OCC(C)C)cc3)c2c1-c1ccc(Br)cc1. The van der Waals surface area contributed by atoms with Gasteiger partial charge in [-0.1, -0.05) is 48.8 Å². The van der Waals surface area contributed by atoms with Crippen LogP contribution in [0.4, 0.5) is 11.5 Å². The number of aromatic nitrogens is 2. The first kappa shape index (κ1) is 20.8. The summed E-state index contributed by atoms with van der Waals surface area (Å²) in [6, 6.07) is 16.5. The van der Waals surface area contributed by atoms with Gasteiger partial charge in [-0.2, -0.15) is 0 Å². The molecule has 6 heteroatoms. The number of anilines is 2. The minimum atomic E-state index is 0.500. The number of halogens is 1. The summed E-state index contributed by atoms with van der Waals surface area (Å²) in [5, 5.41) is 4.56. The Morgan fingerprint density at radius 1 is 1.03 bits per heavy atom. The van der Waals surface area contributed by atoms with Gasteiger partial charge in [0.1, 0.15) is 22.7 Å². The average molecular weight is 482 g/mol. The van der Waals surface area contributed by atoms with Crippen molar-refractivity contribution in [2.75, 3.05) is 11.9 Å². The Morgan fingerprint density at radius 3 is 2.43 bits per heavy atom. The standard InChI is InChI=1S/C24H24BrN3OS/c1-4-20-21(16-5-7-17(25)8-6-16)22-23(26-14-27-24(22)30-20)28-18-9-11-19(12-10-18)29-13-15(2)3/h5-12,14-15H,4,13H2,1-3H3,(H,26,27,28). The van der Waals surface area contributed by atoms with Gasteiger partial charge in [0.05, 0.1) is 12.0 Å². The molecule has 154 valence electrons. The molecule has 0 aliphatic heterocycles. The Bertz CT molecular complexity index is 1140. The van der Waals surface area contributed by atoms with Gasteiger partial charge in [-0.05, 0) is 54.3 Å². The van der Waals surface area contributed by atoms with Crippen LogP contribution in [0.3, 0.4) is 0 Å². The second-order valence-corrected chi connectivity index (χ2v) is 9.52. The van der Waals surface area contributed by atoms with E-state index < -0.39 is 0 Å². The van der Waals surface area contributed by atoms with Gasteiger partial charge in [0, 0.05) is 20.6 Å². The van der Waals surface area contributed by atoms with Crippen molar-refractivity contribution < 1.29 is 4.74 Å². The van der Waals surface area contributed by atoms with E-state index in [0.717, 1.165) is 38.4 Å². The minimum absolute atomic E-state index is 0.500. The summed E-state index contributed by atoms with van der Waals surface area (Å²) in [6.07, 6.45) is 2.58. The first-order valence-corrected chi connectivity index (χ1v) is 11.7. The summed E-state index contributed by atoms with van der Waals surface area (Å²) < 4.78 is 6.86. The number of thiophene rings is 1. The zero-order chi connectivity index (χ0) is 21.1. The van der Waals surface area contributed by atoms with Crippen LogP contribution in [-0.2, 0) is 6.42 Å². The fourth-order valence-electron chi connectivity index (χ4n) is 3.28. The van der Waals surface area contributed by atoms with Crippen LogP contribution in [0.1, 0.15) is 25.6 Å². The lowest BCUT2D eigenvalue weighted by Gasteiger charge is -2.11. The molecular formula is C24H24BrN3OS. The van der Waals surface area contributed by atoms with E-state index in [9.17, 15) is 0 Å². The van der Waals surface area contributed by atoms with E-state index in [1.165, 1.54) is 16.0 Å².